The van der Waals surface area contributed by atoms with E-state index in [0.29, 0.717) is 33.7 Å². The van der Waals surface area contributed by atoms with Crippen molar-refractivity contribution >= 4 is 29.1 Å². The zero-order chi connectivity index (χ0) is 25.3. The molecule has 5 nitrogen and oxygen atoms in total. The van der Waals surface area contributed by atoms with Gasteiger partial charge in [0.25, 0.3) is 0 Å². The van der Waals surface area contributed by atoms with Crippen LogP contribution < -0.4 is 4.90 Å². The van der Waals surface area contributed by atoms with Crippen molar-refractivity contribution in [2.45, 2.75) is 18.0 Å². The molecule has 3 aromatic carbocycles. The van der Waals surface area contributed by atoms with Gasteiger partial charge in [0.05, 0.1) is 18.2 Å². The predicted octanol–water partition coefficient (Wildman–Crippen LogP) is 5.74. The summed E-state index contributed by atoms with van der Waals surface area (Å²) < 4.78 is 20.1. The fourth-order valence-corrected chi connectivity index (χ4v) is 6.50. The van der Waals surface area contributed by atoms with Crippen molar-refractivity contribution in [1.82, 2.24) is 0 Å². The highest BCUT2D eigenvalue weighted by molar-refractivity contribution is 6.32. The van der Waals surface area contributed by atoms with Crippen molar-refractivity contribution in [2.75, 3.05) is 4.90 Å². The number of rotatable bonds is 3. The zero-order valence-corrected chi connectivity index (χ0v) is 19.5. The molecule has 2 aliphatic heterocycles. The molecule has 1 fully saturated rings. The van der Waals surface area contributed by atoms with Crippen LogP contribution in [0.25, 0.3) is 6.08 Å². The Balaban J connectivity index is 1.55. The number of ketones is 3. The average molecular weight is 490 g/mol. The lowest BCUT2D eigenvalue weighted by molar-refractivity contribution is 0.0652. The fourth-order valence-electron chi connectivity index (χ4n) is 6.50. The summed E-state index contributed by atoms with van der Waals surface area (Å²) in [5.41, 5.74) is 0.679. The summed E-state index contributed by atoms with van der Waals surface area (Å²) in [5.74, 6) is -1.84. The van der Waals surface area contributed by atoms with Crippen molar-refractivity contribution in [2.24, 2.45) is 5.41 Å². The maximum absolute atomic E-state index is 14.4. The minimum atomic E-state index is -1.63. The van der Waals surface area contributed by atoms with Crippen molar-refractivity contribution in [3.05, 3.63) is 131 Å². The van der Waals surface area contributed by atoms with Gasteiger partial charge in [-0.1, -0.05) is 66.7 Å². The minimum absolute atomic E-state index is 0.244. The lowest BCUT2D eigenvalue weighted by Crippen LogP contribution is -2.48. The highest BCUT2D eigenvalue weighted by atomic mass is 19.1. The van der Waals surface area contributed by atoms with E-state index in [2.05, 4.69) is 0 Å². The number of hydrogen-bond acceptors (Lipinski definition) is 5. The Labute approximate surface area is 211 Å². The quantitative estimate of drug-likeness (QED) is 0.271. The maximum Gasteiger partial charge on any atom is 0.186 e. The number of furan rings is 1. The average Bonchev–Trinajstić information content (AvgIpc) is 3.62. The topological polar surface area (TPSA) is 67.6 Å². The van der Waals surface area contributed by atoms with E-state index in [1.54, 1.807) is 78.9 Å². The summed E-state index contributed by atoms with van der Waals surface area (Å²) in [6, 6.07) is 21.6. The van der Waals surface area contributed by atoms with Crippen molar-refractivity contribution in [1.29, 1.82) is 0 Å². The number of nitrogens with zero attached hydrogens (tertiary/aromatic N) is 1. The van der Waals surface area contributed by atoms with Crippen LogP contribution in [0.1, 0.15) is 48.3 Å². The molecule has 3 aliphatic rings. The van der Waals surface area contributed by atoms with E-state index in [1.165, 1.54) is 18.4 Å². The van der Waals surface area contributed by atoms with E-state index in [1.807, 2.05) is 11.0 Å². The molecule has 1 saturated heterocycles. The standard InChI is InChI=1S/C31H20FNO4/c32-20-13-14-23-19(17-20)12-15-25-31(29(35)21-9-4-5-10-22(21)30(31)36)26(24-11-6-16-37-24)27(33(23)25)28(34)18-7-2-1-3-8-18/h1-17,25-27H/t25-,26-,27+/m0/s1. The van der Waals surface area contributed by atoms with E-state index in [0.717, 1.165) is 0 Å². The van der Waals surface area contributed by atoms with Crippen LogP contribution in [0.5, 0.6) is 0 Å². The molecule has 0 N–H and O–H groups in total. The summed E-state index contributed by atoms with van der Waals surface area (Å²) in [5, 5.41) is 0. The molecule has 37 heavy (non-hydrogen) atoms. The molecule has 3 heterocycles. The Bertz CT molecular complexity index is 1590. The molecule has 180 valence electrons. The maximum atomic E-state index is 14.4. The second-order valence-electron chi connectivity index (χ2n) is 9.66. The Kier molecular flexibility index (Phi) is 4.52. The third-order valence-corrected chi connectivity index (χ3v) is 7.94. The Morgan fingerprint density at radius 2 is 1.57 bits per heavy atom. The molecule has 0 amide bonds. The number of Topliss-reactive ketones (excluding diaryl/α,β-unsaturated/α-hetero) is 3. The summed E-state index contributed by atoms with van der Waals surface area (Å²) in [6.07, 6.45) is 4.98. The number of benzene rings is 3. The van der Waals surface area contributed by atoms with Gasteiger partial charge in [-0.25, -0.2) is 4.39 Å². The number of hydrogen-bond donors (Lipinski definition) is 0. The minimum Gasteiger partial charge on any atom is -0.469 e. The third-order valence-electron chi connectivity index (χ3n) is 7.94. The van der Waals surface area contributed by atoms with E-state index >= 15 is 0 Å². The molecule has 3 atom stereocenters. The van der Waals surface area contributed by atoms with Gasteiger partial charge in [-0.15, -0.1) is 0 Å². The lowest BCUT2D eigenvalue weighted by atomic mass is 9.65. The van der Waals surface area contributed by atoms with Crippen LogP contribution in [0, 0.1) is 11.2 Å². The molecular weight excluding hydrogens is 469 g/mol. The van der Waals surface area contributed by atoms with Crippen LogP contribution in [-0.4, -0.2) is 29.4 Å². The molecule has 1 spiro atoms. The highest BCUT2D eigenvalue weighted by Crippen LogP contribution is 2.61. The third kappa shape index (κ3) is 2.75. The first kappa shape index (κ1) is 21.7. The second-order valence-corrected chi connectivity index (χ2v) is 9.66. The van der Waals surface area contributed by atoms with Crippen LogP contribution in [0.15, 0.2) is 102 Å². The summed E-state index contributed by atoms with van der Waals surface area (Å²) in [6.45, 7) is 0. The van der Waals surface area contributed by atoms with Gasteiger partial charge in [-0.3, -0.25) is 14.4 Å². The Morgan fingerprint density at radius 3 is 2.24 bits per heavy atom. The number of carbonyl (C=O) groups is 3. The first-order valence-corrected chi connectivity index (χ1v) is 12.1. The lowest BCUT2D eigenvalue weighted by Gasteiger charge is -2.37. The fraction of sp³-hybridized carbons (Fsp3) is 0.129. The van der Waals surface area contributed by atoms with Crippen molar-refractivity contribution in [3.8, 4) is 0 Å². The molecule has 0 radical (unpaired) electrons. The predicted molar refractivity (Wildman–Crippen MR) is 135 cm³/mol. The molecule has 0 bridgehead atoms. The van der Waals surface area contributed by atoms with Gasteiger partial charge < -0.3 is 9.32 Å². The largest absolute Gasteiger partial charge is 0.469 e. The van der Waals surface area contributed by atoms with Gasteiger partial charge in [0.2, 0.25) is 0 Å². The molecule has 6 heteroatoms. The van der Waals surface area contributed by atoms with Gasteiger partial charge in [0.15, 0.2) is 17.3 Å². The van der Waals surface area contributed by atoms with Crippen LogP contribution in [-0.2, 0) is 0 Å². The first-order chi connectivity index (χ1) is 18.0. The number of halogens is 1. The summed E-state index contributed by atoms with van der Waals surface area (Å²) in [7, 11) is 0. The molecule has 1 aliphatic carbocycles. The SMILES string of the molecule is O=C(c1ccccc1)[C@H]1[C@H](c2ccco2)C2(C(=O)c3ccccc3C2=O)[C@@H]2C=Cc3cc(F)ccc3N21. The first-order valence-electron chi connectivity index (χ1n) is 12.1. The van der Waals surface area contributed by atoms with E-state index < -0.39 is 29.2 Å². The number of anilines is 1. The van der Waals surface area contributed by atoms with Gasteiger partial charge in [0.1, 0.15) is 23.0 Å². The smallest absolute Gasteiger partial charge is 0.186 e. The van der Waals surface area contributed by atoms with E-state index in [9.17, 15) is 18.8 Å². The van der Waals surface area contributed by atoms with Gasteiger partial charge in [0, 0.05) is 27.9 Å². The Hall–Kier alpha value is -4.58. The number of carbonyl (C=O) groups excluding carboxylic acids is 3. The Morgan fingerprint density at radius 1 is 0.865 bits per heavy atom. The van der Waals surface area contributed by atoms with Crippen molar-refractivity contribution < 1.29 is 23.2 Å². The van der Waals surface area contributed by atoms with Gasteiger partial charge in [-0.2, -0.15) is 0 Å². The molecular formula is C31H20FNO4. The molecule has 1 aromatic heterocycles. The summed E-state index contributed by atoms with van der Waals surface area (Å²) in [4.78, 5) is 44.9. The summed E-state index contributed by atoms with van der Waals surface area (Å²) >= 11 is 0. The van der Waals surface area contributed by atoms with E-state index in [-0.39, 0.29) is 17.3 Å². The van der Waals surface area contributed by atoms with Crippen LogP contribution >= 0.6 is 0 Å². The normalized spacial score (nSPS) is 22.7. The zero-order valence-electron chi connectivity index (χ0n) is 19.5. The molecule has 4 aromatic rings. The van der Waals surface area contributed by atoms with Crippen LogP contribution in [0.4, 0.5) is 10.1 Å². The van der Waals surface area contributed by atoms with Crippen LogP contribution in [0.2, 0.25) is 0 Å². The highest BCUT2D eigenvalue weighted by Gasteiger charge is 2.72. The molecule has 0 saturated carbocycles. The van der Waals surface area contributed by atoms with E-state index in [4.69, 9.17) is 4.42 Å². The van der Waals surface area contributed by atoms with Crippen LogP contribution in [0.3, 0.4) is 0 Å². The van der Waals surface area contributed by atoms with Gasteiger partial charge in [-0.05, 0) is 30.3 Å². The monoisotopic (exact) mass is 489 g/mol. The number of fused-ring (bicyclic) bond motifs is 5. The molecule has 0 unspecified atom stereocenters. The molecule has 7 rings (SSSR count). The van der Waals surface area contributed by atoms with Gasteiger partial charge >= 0.3 is 0 Å². The second kappa shape index (κ2) is 7.71. The van der Waals surface area contributed by atoms with Crippen molar-refractivity contribution in [3.63, 3.8) is 0 Å².